The van der Waals surface area contributed by atoms with Gasteiger partial charge in [-0.2, -0.15) is 0 Å². The quantitative estimate of drug-likeness (QED) is 0.846. The van der Waals surface area contributed by atoms with Crippen LogP contribution in [-0.2, 0) is 10.0 Å². The third-order valence-corrected chi connectivity index (χ3v) is 6.35. The summed E-state index contributed by atoms with van der Waals surface area (Å²) in [5.41, 5.74) is 0. The van der Waals surface area contributed by atoms with Crippen LogP contribution in [0.15, 0.2) is 0 Å². The third kappa shape index (κ3) is 4.71. The van der Waals surface area contributed by atoms with E-state index in [0.29, 0.717) is 19.0 Å². The number of hydrogen-bond donors (Lipinski definition) is 1. The zero-order valence-corrected chi connectivity index (χ0v) is 13.8. The SMILES string of the molecule is CC1CCCCC1CNCC1CCCN(S(C)(=O)=O)C1. The molecule has 1 saturated heterocycles. The summed E-state index contributed by atoms with van der Waals surface area (Å²) in [6.45, 7) is 5.85. The van der Waals surface area contributed by atoms with E-state index in [0.717, 1.165) is 37.8 Å². The van der Waals surface area contributed by atoms with E-state index in [-0.39, 0.29) is 0 Å². The Kier molecular flexibility index (Phi) is 5.87. The van der Waals surface area contributed by atoms with Crippen molar-refractivity contribution >= 4 is 10.0 Å². The fourth-order valence-electron chi connectivity index (χ4n) is 3.66. The van der Waals surface area contributed by atoms with Gasteiger partial charge >= 0.3 is 0 Å². The van der Waals surface area contributed by atoms with Crippen LogP contribution in [0.25, 0.3) is 0 Å². The largest absolute Gasteiger partial charge is 0.316 e. The molecule has 1 aliphatic carbocycles. The van der Waals surface area contributed by atoms with Crippen LogP contribution < -0.4 is 5.32 Å². The highest BCUT2D eigenvalue weighted by atomic mass is 32.2. The number of nitrogens with zero attached hydrogens (tertiary/aromatic N) is 1. The van der Waals surface area contributed by atoms with Crippen LogP contribution in [0.4, 0.5) is 0 Å². The first-order valence-electron chi connectivity index (χ1n) is 8.12. The molecule has 0 aromatic heterocycles. The molecule has 0 aromatic carbocycles. The van der Waals surface area contributed by atoms with Gasteiger partial charge in [0.2, 0.25) is 10.0 Å². The van der Waals surface area contributed by atoms with Crippen molar-refractivity contribution in [2.24, 2.45) is 17.8 Å². The van der Waals surface area contributed by atoms with Crippen LogP contribution in [-0.4, -0.2) is 45.2 Å². The molecule has 0 spiro atoms. The molecule has 1 N–H and O–H groups in total. The van der Waals surface area contributed by atoms with Gasteiger partial charge in [-0.15, -0.1) is 0 Å². The minimum absolute atomic E-state index is 0.484. The monoisotopic (exact) mass is 302 g/mol. The van der Waals surface area contributed by atoms with E-state index >= 15 is 0 Å². The zero-order chi connectivity index (χ0) is 14.6. The highest BCUT2D eigenvalue weighted by molar-refractivity contribution is 7.88. The average Bonchev–Trinajstić information content (AvgIpc) is 2.40. The summed E-state index contributed by atoms with van der Waals surface area (Å²) in [5.74, 6) is 2.14. The van der Waals surface area contributed by atoms with Crippen molar-refractivity contribution in [1.29, 1.82) is 0 Å². The molecule has 1 heterocycles. The van der Waals surface area contributed by atoms with Crippen molar-refractivity contribution in [3.8, 4) is 0 Å². The van der Waals surface area contributed by atoms with Crippen molar-refractivity contribution in [2.75, 3.05) is 32.4 Å². The van der Waals surface area contributed by atoms with Gasteiger partial charge in [0, 0.05) is 13.1 Å². The van der Waals surface area contributed by atoms with Crippen molar-refractivity contribution in [3.05, 3.63) is 0 Å². The van der Waals surface area contributed by atoms with Gasteiger partial charge in [0.25, 0.3) is 0 Å². The Balaban J connectivity index is 1.71. The highest BCUT2D eigenvalue weighted by Crippen LogP contribution is 2.29. The predicted octanol–water partition coefficient (Wildman–Crippen LogP) is 2.07. The Labute approximate surface area is 124 Å². The molecule has 3 atom stereocenters. The first-order chi connectivity index (χ1) is 9.47. The number of hydrogen-bond acceptors (Lipinski definition) is 3. The zero-order valence-electron chi connectivity index (χ0n) is 13.0. The highest BCUT2D eigenvalue weighted by Gasteiger charge is 2.26. The third-order valence-electron chi connectivity index (χ3n) is 5.08. The number of rotatable bonds is 5. The second kappa shape index (κ2) is 7.23. The lowest BCUT2D eigenvalue weighted by Crippen LogP contribution is -2.43. The summed E-state index contributed by atoms with van der Waals surface area (Å²) in [6, 6.07) is 0. The molecule has 2 rings (SSSR count). The Hall–Kier alpha value is -0.130. The van der Waals surface area contributed by atoms with Crippen molar-refractivity contribution < 1.29 is 8.42 Å². The van der Waals surface area contributed by atoms with Crippen LogP contribution in [0.3, 0.4) is 0 Å². The van der Waals surface area contributed by atoms with E-state index < -0.39 is 10.0 Å². The van der Waals surface area contributed by atoms with Crippen molar-refractivity contribution in [1.82, 2.24) is 9.62 Å². The molecule has 2 aliphatic rings. The van der Waals surface area contributed by atoms with E-state index in [1.54, 1.807) is 4.31 Å². The second-order valence-electron chi connectivity index (χ2n) is 6.81. The van der Waals surface area contributed by atoms with E-state index in [4.69, 9.17) is 0 Å². The van der Waals surface area contributed by atoms with E-state index in [9.17, 15) is 8.42 Å². The fourth-order valence-corrected chi connectivity index (χ4v) is 4.61. The van der Waals surface area contributed by atoms with Crippen LogP contribution in [0.1, 0.15) is 45.4 Å². The summed E-state index contributed by atoms with van der Waals surface area (Å²) in [5, 5.41) is 3.61. The number of piperidine rings is 1. The first kappa shape index (κ1) is 16.2. The molecule has 0 amide bonds. The molecule has 3 unspecified atom stereocenters. The average molecular weight is 302 g/mol. The predicted molar refractivity (Wildman–Crippen MR) is 83.1 cm³/mol. The number of nitrogens with one attached hydrogen (secondary N) is 1. The Morgan fingerprint density at radius 1 is 1.10 bits per heavy atom. The maximum Gasteiger partial charge on any atom is 0.211 e. The smallest absolute Gasteiger partial charge is 0.211 e. The molecule has 0 bridgehead atoms. The van der Waals surface area contributed by atoms with E-state index in [1.165, 1.54) is 31.9 Å². The summed E-state index contributed by atoms with van der Waals surface area (Å²) >= 11 is 0. The molecular formula is C15H30N2O2S. The maximum atomic E-state index is 11.6. The molecule has 20 heavy (non-hydrogen) atoms. The topological polar surface area (TPSA) is 49.4 Å². The molecular weight excluding hydrogens is 272 g/mol. The van der Waals surface area contributed by atoms with Crippen LogP contribution in [0.5, 0.6) is 0 Å². The lowest BCUT2D eigenvalue weighted by atomic mass is 9.80. The molecule has 4 nitrogen and oxygen atoms in total. The van der Waals surface area contributed by atoms with E-state index in [1.807, 2.05) is 0 Å². The molecule has 118 valence electrons. The lowest BCUT2D eigenvalue weighted by Gasteiger charge is -2.33. The molecule has 0 aromatic rings. The van der Waals surface area contributed by atoms with E-state index in [2.05, 4.69) is 12.2 Å². The van der Waals surface area contributed by atoms with Crippen molar-refractivity contribution in [3.63, 3.8) is 0 Å². The minimum atomic E-state index is -3.01. The standard InChI is InChI=1S/C15H30N2O2S/c1-13-6-3-4-8-15(13)11-16-10-14-7-5-9-17(12-14)20(2,18)19/h13-16H,3-12H2,1-2H3. The summed E-state index contributed by atoms with van der Waals surface area (Å²) in [4.78, 5) is 0. The van der Waals surface area contributed by atoms with Gasteiger partial charge in [-0.3, -0.25) is 0 Å². The first-order valence-corrected chi connectivity index (χ1v) is 9.97. The van der Waals surface area contributed by atoms with Gasteiger partial charge in [-0.05, 0) is 50.1 Å². The van der Waals surface area contributed by atoms with Gasteiger partial charge in [0.05, 0.1) is 6.26 Å². The van der Waals surface area contributed by atoms with Gasteiger partial charge in [0.1, 0.15) is 0 Å². The summed E-state index contributed by atoms with van der Waals surface area (Å²) < 4.78 is 24.8. The van der Waals surface area contributed by atoms with Gasteiger partial charge in [-0.1, -0.05) is 26.2 Å². The summed E-state index contributed by atoms with van der Waals surface area (Å²) in [6.07, 6.45) is 8.97. The normalized spacial score (nSPS) is 33.2. The molecule has 2 fully saturated rings. The van der Waals surface area contributed by atoms with Gasteiger partial charge in [0.15, 0.2) is 0 Å². The van der Waals surface area contributed by atoms with Gasteiger partial charge in [-0.25, -0.2) is 12.7 Å². The molecule has 1 aliphatic heterocycles. The van der Waals surface area contributed by atoms with Gasteiger partial charge < -0.3 is 5.32 Å². The van der Waals surface area contributed by atoms with Crippen LogP contribution in [0.2, 0.25) is 0 Å². The minimum Gasteiger partial charge on any atom is -0.316 e. The second-order valence-corrected chi connectivity index (χ2v) is 8.79. The Morgan fingerprint density at radius 3 is 2.55 bits per heavy atom. The fraction of sp³-hybridized carbons (Fsp3) is 1.00. The molecule has 0 radical (unpaired) electrons. The maximum absolute atomic E-state index is 11.6. The Bertz CT molecular complexity index is 397. The lowest BCUT2D eigenvalue weighted by molar-refractivity contribution is 0.227. The van der Waals surface area contributed by atoms with Crippen LogP contribution >= 0.6 is 0 Å². The number of sulfonamides is 1. The molecule has 1 saturated carbocycles. The van der Waals surface area contributed by atoms with Crippen molar-refractivity contribution in [2.45, 2.75) is 45.4 Å². The molecule has 5 heteroatoms. The summed E-state index contributed by atoms with van der Waals surface area (Å²) in [7, 11) is -3.01. The Morgan fingerprint density at radius 2 is 1.85 bits per heavy atom. The van der Waals surface area contributed by atoms with Crippen LogP contribution in [0, 0.1) is 17.8 Å².